The van der Waals surface area contributed by atoms with Gasteiger partial charge >= 0.3 is 5.92 Å². The fraction of sp³-hybridized carbons (Fsp3) is 0.600. The van der Waals surface area contributed by atoms with Crippen LogP contribution >= 0.6 is 0 Å². The van der Waals surface area contributed by atoms with Crippen LogP contribution in [0, 0.1) is 27.2 Å². The lowest BCUT2D eigenvalue weighted by atomic mass is 10.4. The number of aryl methyl sites for hydroxylation is 1. The molecule has 0 aliphatic carbocycles. The summed E-state index contributed by atoms with van der Waals surface area (Å²) >= 11 is 0. The molecular formula is C5H6FN5O5. The summed E-state index contributed by atoms with van der Waals surface area (Å²) in [6.45, 7) is 0.249. The van der Waals surface area contributed by atoms with E-state index in [4.69, 9.17) is 0 Å². The number of nitro groups is 2. The van der Waals surface area contributed by atoms with Gasteiger partial charge in [-0.05, 0) is 12.1 Å². The minimum Gasteiger partial charge on any atom is -0.349 e. The Kier molecular flexibility index (Phi) is 2.96. The topological polar surface area (TPSA) is 137 Å². The lowest BCUT2D eigenvalue weighted by molar-refractivity contribution is -0.826. The molecule has 16 heavy (non-hydrogen) atoms. The van der Waals surface area contributed by atoms with Crippen molar-refractivity contribution < 1.29 is 18.9 Å². The van der Waals surface area contributed by atoms with Crippen LogP contribution in [0.5, 0.6) is 0 Å². The smallest absolute Gasteiger partial charge is 0.349 e. The van der Waals surface area contributed by atoms with Gasteiger partial charge in [0.1, 0.15) is 15.5 Å². The molecule has 0 fully saturated rings. The summed E-state index contributed by atoms with van der Waals surface area (Å²) < 4.78 is 17.4. The van der Waals surface area contributed by atoms with E-state index in [1.807, 2.05) is 0 Å². The van der Waals surface area contributed by atoms with Crippen LogP contribution in [0.3, 0.4) is 0 Å². The number of aromatic nitrogens is 2. The standard InChI is InChI=1S/C5H6FN5O5/c1-3-4(9-16-8-3)7-2-5(6,10(12)13)11(14)15/h2H2,1H3,(H,7,9). The molecule has 0 radical (unpaired) electrons. The quantitative estimate of drug-likeness (QED) is 0.325. The highest BCUT2D eigenvalue weighted by Crippen LogP contribution is 2.15. The number of rotatable bonds is 5. The van der Waals surface area contributed by atoms with Gasteiger partial charge in [0, 0.05) is 0 Å². The molecular weight excluding hydrogens is 229 g/mol. The van der Waals surface area contributed by atoms with Crippen molar-refractivity contribution in [2.75, 3.05) is 11.9 Å². The zero-order chi connectivity index (χ0) is 12.3. The summed E-state index contributed by atoms with van der Waals surface area (Å²) in [6, 6.07) is 0. The maximum absolute atomic E-state index is 13.2. The molecule has 1 heterocycles. The van der Waals surface area contributed by atoms with Gasteiger partial charge in [-0.25, -0.2) is 4.63 Å². The molecule has 1 aromatic heterocycles. The Balaban J connectivity index is 2.76. The van der Waals surface area contributed by atoms with Crippen molar-refractivity contribution in [1.82, 2.24) is 10.3 Å². The van der Waals surface area contributed by atoms with E-state index in [9.17, 15) is 24.6 Å². The SMILES string of the molecule is Cc1nonc1NCC(F)([N+](=O)[O-])[N+](=O)[O-]. The third-order valence-corrected chi connectivity index (χ3v) is 1.69. The van der Waals surface area contributed by atoms with Crippen LogP contribution in [-0.4, -0.2) is 32.6 Å². The van der Waals surface area contributed by atoms with Gasteiger partial charge in [0.15, 0.2) is 12.4 Å². The molecule has 10 nitrogen and oxygen atoms in total. The molecule has 0 aliphatic rings. The predicted molar refractivity (Wildman–Crippen MR) is 45.4 cm³/mol. The third-order valence-electron chi connectivity index (χ3n) is 1.69. The zero-order valence-corrected chi connectivity index (χ0v) is 7.92. The number of alkyl halides is 1. The number of nitrogens with zero attached hydrogens (tertiary/aromatic N) is 4. The maximum atomic E-state index is 13.2. The van der Waals surface area contributed by atoms with Crippen LogP contribution < -0.4 is 5.32 Å². The van der Waals surface area contributed by atoms with Gasteiger partial charge in [-0.3, -0.25) is 20.2 Å². The highest BCUT2D eigenvalue weighted by molar-refractivity contribution is 5.36. The molecule has 0 amide bonds. The van der Waals surface area contributed by atoms with Crippen molar-refractivity contribution in [3.8, 4) is 0 Å². The predicted octanol–water partition coefficient (Wildman–Crippen LogP) is -0.0334. The number of anilines is 1. The Labute approximate surface area is 86.7 Å². The average Bonchev–Trinajstić information content (AvgIpc) is 2.59. The summed E-state index contributed by atoms with van der Waals surface area (Å²) in [5.41, 5.74) is 0.203. The Bertz CT molecular complexity index is 405. The van der Waals surface area contributed by atoms with Crippen molar-refractivity contribution in [2.45, 2.75) is 12.8 Å². The first kappa shape index (κ1) is 11.7. The second-order valence-electron chi connectivity index (χ2n) is 2.78. The Morgan fingerprint density at radius 2 is 2.00 bits per heavy atom. The number of hydrogen-bond acceptors (Lipinski definition) is 8. The van der Waals surface area contributed by atoms with E-state index in [2.05, 4.69) is 20.3 Å². The van der Waals surface area contributed by atoms with E-state index in [-0.39, 0.29) is 11.5 Å². The Morgan fingerprint density at radius 3 is 2.38 bits per heavy atom. The lowest BCUT2D eigenvalue weighted by Gasteiger charge is -2.08. The molecule has 0 aliphatic heterocycles. The normalized spacial score (nSPS) is 11.1. The lowest BCUT2D eigenvalue weighted by Crippen LogP contribution is -2.47. The first-order valence-electron chi connectivity index (χ1n) is 3.89. The van der Waals surface area contributed by atoms with Crippen LogP contribution in [0.25, 0.3) is 0 Å². The average molecular weight is 235 g/mol. The van der Waals surface area contributed by atoms with Gasteiger partial charge in [-0.2, -0.15) is 0 Å². The van der Waals surface area contributed by atoms with E-state index in [0.29, 0.717) is 0 Å². The molecule has 0 saturated carbocycles. The first-order chi connectivity index (χ1) is 7.38. The molecule has 0 spiro atoms. The summed E-state index contributed by atoms with van der Waals surface area (Å²) in [7, 11) is 0. The van der Waals surface area contributed by atoms with Crippen LogP contribution in [-0.2, 0) is 0 Å². The van der Waals surface area contributed by atoms with E-state index in [1.165, 1.54) is 6.92 Å². The first-order valence-corrected chi connectivity index (χ1v) is 3.89. The fourth-order valence-electron chi connectivity index (χ4n) is 0.784. The van der Waals surface area contributed by atoms with Crippen LogP contribution in [0.4, 0.5) is 10.2 Å². The van der Waals surface area contributed by atoms with Crippen LogP contribution in [0.15, 0.2) is 4.63 Å². The Morgan fingerprint density at radius 1 is 1.44 bits per heavy atom. The number of hydrogen-bond donors (Lipinski definition) is 1. The maximum Gasteiger partial charge on any atom is 0.631 e. The van der Waals surface area contributed by atoms with E-state index >= 15 is 0 Å². The highest BCUT2D eigenvalue weighted by Gasteiger charge is 2.58. The fourth-order valence-corrected chi connectivity index (χ4v) is 0.784. The molecule has 1 rings (SSSR count). The summed E-state index contributed by atoms with van der Waals surface area (Å²) in [6.07, 6.45) is 0. The van der Waals surface area contributed by atoms with E-state index in [0.717, 1.165) is 0 Å². The van der Waals surface area contributed by atoms with Crippen molar-refractivity contribution in [2.24, 2.45) is 0 Å². The molecule has 0 bridgehead atoms. The Hall–Kier alpha value is -2.33. The van der Waals surface area contributed by atoms with Crippen molar-refractivity contribution in [1.29, 1.82) is 0 Å². The molecule has 11 heteroatoms. The van der Waals surface area contributed by atoms with Gasteiger partial charge in [0.05, 0.1) is 0 Å². The largest absolute Gasteiger partial charge is 0.631 e. The van der Waals surface area contributed by atoms with Crippen molar-refractivity contribution >= 4 is 5.82 Å². The van der Waals surface area contributed by atoms with Crippen LogP contribution in [0.1, 0.15) is 5.69 Å². The second kappa shape index (κ2) is 4.04. The summed E-state index contributed by atoms with van der Waals surface area (Å²) in [5.74, 6) is -3.91. The minimum atomic E-state index is -3.81. The minimum absolute atomic E-state index is 0.0919. The van der Waals surface area contributed by atoms with Gasteiger partial charge in [0.2, 0.25) is 0 Å². The van der Waals surface area contributed by atoms with Gasteiger partial charge < -0.3 is 5.32 Å². The van der Waals surface area contributed by atoms with Gasteiger partial charge in [-0.1, -0.05) is 9.55 Å². The highest BCUT2D eigenvalue weighted by atomic mass is 19.2. The molecule has 0 aromatic carbocycles. The monoisotopic (exact) mass is 235 g/mol. The zero-order valence-electron chi connectivity index (χ0n) is 7.92. The van der Waals surface area contributed by atoms with Crippen molar-refractivity contribution in [3.63, 3.8) is 0 Å². The summed E-state index contributed by atoms with van der Waals surface area (Å²) in [5, 5.41) is 29.0. The van der Waals surface area contributed by atoms with E-state index < -0.39 is 22.3 Å². The molecule has 0 saturated heterocycles. The van der Waals surface area contributed by atoms with Gasteiger partial charge in [-0.15, -0.1) is 0 Å². The number of nitrogens with one attached hydrogen (secondary N) is 1. The molecule has 88 valence electrons. The van der Waals surface area contributed by atoms with Crippen LogP contribution in [0.2, 0.25) is 0 Å². The summed E-state index contributed by atoms with van der Waals surface area (Å²) in [4.78, 5) is 17.1. The molecule has 1 N–H and O–H groups in total. The van der Waals surface area contributed by atoms with E-state index in [1.54, 1.807) is 0 Å². The third kappa shape index (κ3) is 2.02. The molecule has 1 aromatic rings. The molecule has 0 unspecified atom stereocenters. The van der Waals surface area contributed by atoms with Crippen molar-refractivity contribution in [3.05, 3.63) is 25.9 Å². The molecule has 0 atom stereocenters. The van der Waals surface area contributed by atoms with Gasteiger partial charge in [0.25, 0.3) is 0 Å². The second-order valence-corrected chi connectivity index (χ2v) is 2.78. The number of halogens is 1.